The predicted octanol–water partition coefficient (Wildman–Crippen LogP) is 5.15. The van der Waals surface area contributed by atoms with Crippen molar-refractivity contribution in [3.8, 4) is 0 Å². The fourth-order valence-electron chi connectivity index (χ4n) is 4.33. The first kappa shape index (κ1) is 13.8. The molecule has 0 saturated heterocycles. The first-order valence-electron chi connectivity index (χ1n) is 6.50. The molecule has 2 bridgehead atoms. The molecule has 1 fully saturated rings. The standard InChI is InChI=1S/C15H26.CH4/c1-9(2)13-11-7-10(3)12(8-11)14(13)15(4,5)6;/h7,9,11-14H,8H2,1-6H3;1H4. The van der Waals surface area contributed by atoms with Gasteiger partial charge in [-0.25, -0.2) is 0 Å². The van der Waals surface area contributed by atoms with E-state index in [0.29, 0.717) is 5.41 Å². The minimum absolute atomic E-state index is 0. The Kier molecular flexibility index (Phi) is 3.62. The van der Waals surface area contributed by atoms with Crippen LogP contribution in [0.25, 0.3) is 0 Å². The van der Waals surface area contributed by atoms with E-state index in [0.717, 1.165) is 29.6 Å². The van der Waals surface area contributed by atoms with Gasteiger partial charge in [-0.1, -0.05) is 53.7 Å². The van der Waals surface area contributed by atoms with Crippen LogP contribution in [0.2, 0.25) is 0 Å². The molecule has 1 saturated carbocycles. The number of rotatable bonds is 1. The summed E-state index contributed by atoms with van der Waals surface area (Å²) in [6.07, 6.45) is 4.01. The van der Waals surface area contributed by atoms with Crippen LogP contribution in [0, 0.1) is 35.0 Å². The van der Waals surface area contributed by atoms with E-state index in [1.807, 2.05) is 0 Å². The molecule has 94 valence electrons. The molecular weight excluding hydrogens is 192 g/mol. The van der Waals surface area contributed by atoms with Crippen molar-refractivity contribution in [2.45, 2.75) is 55.4 Å². The summed E-state index contributed by atoms with van der Waals surface area (Å²) < 4.78 is 0. The van der Waals surface area contributed by atoms with Gasteiger partial charge < -0.3 is 0 Å². The SMILES string of the molecule is C.CC1=CC2CC1C(C(C)(C)C)C2C(C)C. The van der Waals surface area contributed by atoms with Crippen LogP contribution < -0.4 is 0 Å². The predicted molar refractivity (Wildman–Crippen MR) is 73.4 cm³/mol. The lowest BCUT2D eigenvalue weighted by molar-refractivity contribution is 0.106. The molecular formula is C16H30. The molecule has 0 N–H and O–H groups in total. The smallest absolute Gasteiger partial charge is 0.0164 e. The average molecular weight is 222 g/mol. The Balaban J connectivity index is 0.00000128. The van der Waals surface area contributed by atoms with E-state index in [9.17, 15) is 0 Å². The fraction of sp³-hybridized carbons (Fsp3) is 0.875. The van der Waals surface area contributed by atoms with Crippen molar-refractivity contribution < 1.29 is 0 Å². The number of hydrogen-bond donors (Lipinski definition) is 0. The van der Waals surface area contributed by atoms with Crippen molar-refractivity contribution in [1.82, 2.24) is 0 Å². The molecule has 0 amide bonds. The van der Waals surface area contributed by atoms with E-state index in [-0.39, 0.29) is 7.43 Å². The van der Waals surface area contributed by atoms with Crippen LogP contribution in [0.1, 0.15) is 55.4 Å². The third-order valence-corrected chi connectivity index (χ3v) is 4.70. The lowest BCUT2D eigenvalue weighted by Gasteiger charge is -2.41. The van der Waals surface area contributed by atoms with Gasteiger partial charge in [-0.3, -0.25) is 0 Å². The molecule has 0 heteroatoms. The summed E-state index contributed by atoms with van der Waals surface area (Å²) in [5, 5.41) is 0. The maximum absolute atomic E-state index is 2.57. The fourth-order valence-corrected chi connectivity index (χ4v) is 4.33. The number of fused-ring (bicyclic) bond motifs is 2. The molecule has 4 unspecified atom stereocenters. The Labute approximate surface area is 103 Å². The van der Waals surface area contributed by atoms with Crippen LogP contribution in [0.3, 0.4) is 0 Å². The molecule has 0 nitrogen and oxygen atoms in total. The van der Waals surface area contributed by atoms with Gasteiger partial charge in [0.05, 0.1) is 0 Å². The molecule has 0 spiro atoms. The molecule has 2 aliphatic rings. The van der Waals surface area contributed by atoms with Crippen LogP contribution in [0.15, 0.2) is 11.6 Å². The van der Waals surface area contributed by atoms with Crippen LogP contribution in [0.5, 0.6) is 0 Å². The molecule has 2 aliphatic carbocycles. The maximum Gasteiger partial charge on any atom is -0.0164 e. The first-order chi connectivity index (χ1) is 6.82. The summed E-state index contributed by atoms with van der Waals surface area (Å²) in [5.74, 6) is 4.46. The van der Waals surface area contributed by atoms with E-state index in [2.05, 4.69) is 47.6 Å². The summed E-state index contributed by atoms with van der Waals surface area (Å²) in [6.45, 7) is 14.5. The highest BCUT2D eigenvalue weighted by Crippen LogP contribution is 2.59. The van der Waals surface area contributed by atoms with E-state index in [1.165, 1.54) is 6.42 Å². The quantitative estimate of drug-likeness (QED) is 0.538. The molecule has 0 aliphatic heterocycles. The Morgan fingerprint density at radius 2 is 1.81 bits per heavy atom. The average Bonchev–Trinajstić information content (AvgIpc) is 2.56. The van der Waals surface area contributed by atoms with Crippen LogP contribution in [-0.4, -0.2) is 0 Å². The van der Waals surface area contributed by atoms with Crippen LogP contribution in [-0.2, 0) is 0 Å². The van der Waals surface area contributed by atoms with E-state index in [4.69, 9.17) is 0 Å². The Morgan fingerprint density at radius 1 is 1.25 bits per heavy atom. The van der Waals surface area contributed by atoms with Crippen molar-refractivity contribution in [3.63, 3.8) is 0 Å². The zero-order chi connectivity index (χ0) is 11.4. The Morgan fingerprint density at radius 3 is 2.25 bits per heavy atom. The van der Waals surface area contributed by atoms with Crippen LogP contribution >= 0.6 is 0 Å². The summed E-state index contributed by atoms with van der Waals surface area (Å²) >= 11 is 0. The normalized spacial score (nSPS) is 37.6. The Bertz CT molecular complexity index is 277. The largest absolute Gasteiger partial charge is 0.0819 e. The molecule has 0 aromatic heterocycles. The maximum atomic E-state index is 2.57. The molecule has 0 aromatic carbocycles. The van der Waals surface area contributed by atoms with Gasteiger partial charge >= 0.3 is 0 Å². The summed E-state index contributed by atoms with van der Waals surface area (Å²) in [6, 6.07) is 0. The zero-order valence-corrected chi connectivity index (χ0v) is 11.2. The molecule has 4 atom stereocenters. The highest BCUT2D eigenvalue weighted by molar-refractivity contribution is 5.23. The van der Waals surface area contributed by atoms with Crippen molar-refractivity contribution >= 4 is 0 Å². The second-order valence-corrected chi connectivity index (χ2v) is 7.13. The lowest BCUT2D eigenvalue weighted by Crippen LogP contribution is -2.35. The van der Waals surface area contributed by atoms with Gasteiger partial charge in [0.25, 0.3) is 0 Å². The van der Waals surface area contributed by atoms with Crippen molar-refractivity contribution in [2.75, 3.05) is 0 Å². The topological polar surface area (TPSA) is 0 Å². The third kappa shape index (κ3) is 1.96. The molecule has 16 heavy (non-hydrogen) atoms. The van der Waals surface area contributed by atoms with Gasteiger partial charge in [-0.15, -0.1) is 0 Å². The van der Waals surface area contributed by atoms with Gasteiger partial charge in [-0.2, -0.15) is 0 Å². The van der Waals surface area contributed by atoms with Crippen molar-refractivity contribution in [3.05, 3.63) is 11.6 Å². The molecule has 0 radical (unpaired) electrons. The van der Waals surface area contributed by atoms with E-state index < -0.39 is 0 Å². The minimum atomic E-state index is 0. The van der Waals surface area contributed by atoms with Crippen LogP contribution in [0.4, 0.5) is 0 Å². The van der Waals surface area contributed by atoms with Crippen molar-refractivity contribution in [2.24, 2.45) is 35.0 Å². The lowest BCUT2D eigenvalue weighted by atomic mass is 9.63. The van der Waals surface area contributed by atoms with Crippen molar-refractivity contribution in [1.29, 1.82) is 0 Å². The number of hydrogen-bond acceptors (Lipinski definition) is 0. The summed E-state index contributed by atoms with van der Waals surface area (Å²) in [4.78, 5) is 0. The zero-order valence-electron chi connectivity index (χ0n) is 11.2. The number of allylic oxidation sites excluding steroid dienone is 2. The monoisotopic (exact) mass is 222 g/mol. The minimum Gasteiger partial charge on any atom is -0.0819 e. The molecule has 0 heterocycles. The van der Waals surface area contributed by atoms with Gasteiger partial charge in [-0.05, 0) is 48.3 Å². The summed E-state index contributed by atoms with van der Waals surface area (Å²) in [7, 11) is 0. The second kappa shape index (κ2) is 4.20. The van der Waals surface area contributed by atoms with Gasteiger partial charge in [0.1, 0.15) is 0 Å². The second-order valence-electron chi connectivity index (χ2n) is 7.13. The van der Waals surface area contributed by atoms with Gasteiger partial charge in [0, 0.05) is 0 Å². The molecule has 2 rings (SSSR count). The molecule has 0 aromatic rings. The first-order valence-corrected chi connectivity index (χ1v) is 6.50. The van der Waals surface area contributed by atoms with E-state index in [1.54, 1.807) is 5.57 Å². The van der Waals surface area contributed by atoms with Gasteiger partial charge in [0.2, 0.25) is 0 Å². The van der Waals surface area contributed by atoms with E-state index >= 15 is 0 Å². The van der Waals surface area contributed by atoms with Gasteiger partial charge in [0.15, 0.2) is 0 Å². The Hall–Kier alpha value is -0.260. The summed E-state index contributed by atoms with van der Waals surface area (Å²) in [5.41, 5.74) is 2.15. The highest BCUT2D eigenvalue weighted by atomic mass is 14.6. The highest BCUT2D eigenvalue weighted by Gasteiger charge is 2.51. The third-order valence-electron chi connectivity index (χ3n) is 4.70.